The third kappa shape index (κ3) is 2.07. The zero-order chi connectivity index (χ0) is 12.5. The van der Waals surface area contributed by atoms with Crippen molar-refractivity contribution in [2.45, 2.75) is 12.5 Å². The highest BCUT2D eigenvalue weighted by molar-refractivity contribution is 6.34. The van der Waals surface area contributed by atoms with Crippen LogP contribution in [0.3, 0.4) is 0 Å². The van der Waals surface area contributed by atoms with E-state index in [0.29, 0.717) is 35.0 Å². The van der Waals surface area contributed by atoms with Crippen molar-refractivity contribution in [3.63, 3.8) is 0 Å². The molecule has 0 spiro atoms. The van der Waals surface area contributed by atoms with Gasteiger partial charge in [-0.2, -0.15) is 0 Å². The number of rotatable bonds is 2. The molecule has 1 unspecified atom stereocenters. The molecule has 0 bridgehead atoms. The number of benzene rings is 1. The molecular formula is C12H11ClN2O3. The van der Waals surface area contributed by atoms with Crippen molar-refractivity contribution in [1.82, 2.24) is 9.97 Å². The summed E-state index contributed by atoms with van der Waals surface area (Å²) in [5.74, 6) is 0.430. The van der Waals surface area contributed by atoms with Crippen LogP contribution in [0.2, 0.25) is 5.15 Å². The van der Waals surface area contributed by atoms with Gasteiger partial charge in [-0.05, 0) is 6.07 Å². The first-order chi connectivity index (χ1) is 8.74. The van der Waals surface area contributed by atoms with Gasteiger partial charge < -0.3 is 14.6 Å². The lowest BCUT2D eigenvalue weighted by atomic mass is 10.2. The van der Waals surface area contributed by atoms with Gasteiger partial charge >= 0.3 is 0 Å². The zero-order valence-electron chi connectivity index (χ0n) is 9.47. The summed E-state index contributed by atoms with van der Waals surface area (Å²) in [6.45, 7) is 1.23. The molecule has 0 radical (unpaired) electrons. The van der Waals surface area contributed by atoms with Gasteiger partial charge in [0.25, 0.3) is 0 Å². The van der Waals surface area contributed by atoms with Gasteiger partial charge in [-0.25, -0.2) is 9.97 Å². The fraction of sp³-hybridized carbons (Fsp3) is 0.333. The predicted molar refractivity (Wildman–Crippen MR) is 66.1 cm³/mol. The number of phenolic OH excluding ortho intramolecular Hbond substituents is 1. The first-order valence-electron chi connectivity index (χ1n) is 5.61. The minimum atomic E-state index is -0.0225. The number of halogens is 1. The Labute approximate surface area is 108 Å². The Morgan fingerprint density at radius 1 is 1.39 bits per heavy atom. The number of aromatic hydroxyl groups is 1. The van der Waals surface area contributed by atoms with Gasteiger partial charge in [-0.1, -0.05) is 11.6 Å². The van der Waals surface area contributed by atoms with Crippen molar-refractivity contribution in [2.75, 3.05) is 13.2 Å². The Hall–Kier alpha value is -1.59. The molecule has 18 heavy (non-hydrogen) atoms. The summed E-state index contributed by atoms with van der Waals surface area (Å²) in [5.41, 5.74) is 0.640. The number of hydrogen-bond donors (Lipinski definition) is 1. The maximum absolute atomic E-state index is 9.91. The highest BCUT2D eigenvalue weighted by atomic mass is 35.5. The van der Waals surface area contributed by atoms with E-state index in [1.165, 1.54) is 12.4 Å². The van der Waals surface area contributed by atoms with Crippen LogP contribution in [0.5, 0.6) is 11.5 Å². The lowest BCUT2D eigenvalue weighted by Gasteiger charge is -2.13. The fourth-order valence-electron chi connectivity index (χ4n) is 1.92. The molecule has 1 atom stereocenters. The van der Waals surface area contributed by atoms with E-state index in [9.17, 15) is 5.11 Å². The molecule has 0 aliphatic carbocycles. The second-order valence-electron chi connectivity index (χ2n) is 4.11. The van der Waals surface area contributed by atoms with Crippen LogP contribution in [0.15, 0.2) is 18.5 Å². The van der Waals surface area contributed by atoms with Crippen molar-refractivity contribution in [3.05, 3.63) is 23.6 Å². The number of ether oxygens (including phenoxy) is 2. The summed E-state index contributed by atoms with van der Waals surface area (Å²) < 4.78 is 10.9. The van der Waals surface area contributed by atoms with E-state index >= 15 is 0 Å². The average molecular weight is 267 g/mol. The van der Waals surface area contributed by atoms with Crippen molar-refractivity contribution in [1.29, 1.82) is 0 Å². The van der Waals surface area contributed by atoms with Gasteiger partial charge in [0.05, 0.1) is 18.7 Å². The molecule has 1 N–H and O–H groups in total. The van der Waals surface area contributed by atoms with E-state index in [1.807, 2.05) is 0 Å². The summed E-state index contributed by atoms with van der Waals surface area (Å²) in [5, 5.41) is 10.8. The normalized spacial score (nSPS) is 19.3. The molecular weight excluding hydrogens is 256 g/mol. The topological polar surface area (TPSA) is 64.5 Å². The van der Waals surface area contributed by atoms with Crippen molar-refractivity contribution in [2.24, 2.45) is 0 Å². The summed E-state index contributed by atoms with van der Waals surface area (Å²) in [4.78, 5) is 7.96. The van der Waals surface area contributed by atoms with Crippen LogP contribution >= 0.6 is 11.6 Å². The first kappa shape index (κ1) is 11.5. The monoisotopic (exact) mass is 266 g/mol. The van der Waals surface area contributed by atoms with Crippen LogP contribution in [0.4, 0.5) is 0 Å². The molecule has 1 aliphatic rings. The Morgan fingerprint density at radius 3 is 3.06 bits per heavy atom. The number of hydrogen-bond acceptors (Lipinski definition) is 5. The number of aromatic nitrogens is 2. The molecule has 2 heterocycles. The molecule has 1 aliphatic heterocycles. The quantitative estimate of drug-likeness (QED) is 0.844. The van der Waals surface area contributed by atoms with E-state index in [1.54, 1.807) is 6.07 Å². The lowest BCUT2D eigenvalue weighted by Crippen LogP contribution is -2.15. The van der Waals surface area contributed by atoms with Crippen LogP contribution in [0.25, 0.3) is 10.9 Å². The maximum atomic E-state index is 9.91. The Morgan fingerprint density at radius 2 is 2.28 bits per heavy atom. The lowest BCUT2D eigenvalue weighted by molar-refractivity contribution is 0.139. The molecule has 94 valence electrons. The van der Waals surface area contributed by atoms with Crippen LogP contribution in [-0.4, -0.2) is 34.4 Å². The third-order valence-electron chi connectivity index (χ3n) is 2.85. The molecule has 2 aromatic rings. The van der Waals surface area contributed by atoms with E-state index in [0.717, 1.165) is 6.42 Å². The van der Waals surface area contributed by atoms with Crippen LogP contribution in [0, 0.1) is 0 Å². The van der Waals surface area contributed by atoms with E-state index in [-0.39, 0.29) is 11.9 Å². The summed E-state index contributed by atoms with van der Waals surface area (Å²) >= 11 is 5.93. The molecule has 3 rings (SSSR count). The van der Waals surface area contributed by atoms with E-state index in [4.69, 9.17) is 21.1 Å². The number of fused-ring (bicyclic) bond motifs is 1. The van der Waals surface area contributed by atoms with Gasteiger partial charge in [0.2, 0.25) is 0 Å². The zero-order valence-corrected chi connectivity index (χ0v) is 10.2. The minimum Gasteiger partial charge on any atom is -0.504 e. The van der Waals surface area contributed by atoms with E-state index in [2.05, 4.69) is 9.97 Å². The predicted octanol–water partition coefficient (Wildman–Crippen LogP) is 2.16. The number of nitrogens with zero attached hydrogens (tertiary/aromatic N) is 2. The molecule has 0 saturated carbocycles. The molecule has 1 fully saturated rings. The standard InChI is InChI=1S/C12H11ClN2O3/c13-12-8-3-10(16)11(4-9(8)14-6-15-12)18-7-1-2-17-5-7/h3-4,6-7,16H,1-2,5H2. The summed E-state index contributed by atoms with van der Waals surface area (Å²) in [6.07, 6.45) is 2.18. The smallest absolute Gasteiger partial charge is 0.163 e. The molecule has 1 aromatic heterocycles. The molecule has 1 aromatic carbocycles. The summed E-state index contributed by atoms with van der Waals surface area (Å²) in [7, 11) is 0. The van der Waals surface area contributed by atoms with Crippen molar-refractivity contribution in [3.8, 4) is 11.5 Å². The Balaban J connectivity index is 1.99. The van der Waals surface area contributed by atoms with Gasteiger partial charge in [-0.15, -0.1) is 0 Å². The van der Waals surface area contributed by atoms with Crippen molar-refractivity contribution < 1.29 is 14.6 Å². The average Bonchev–Trinajstić information content (AvgIpc) is 2.84. The molecule has 0 amide bonds. The third-order valence-corrected chi connectivity index (χ3v) is 3.15. The minimum absolute atomic E-state index is 0.0225. The fourth-order valence-corrected chi connectivity index (χ4v) is 2.12. The van der Waals surface area contributed by atoms with Crippen LogP contribution in [-0.2, 0) is 4.74 Å². The second-order valence-corrected chi connectivity index (χ2v) is 4.46. The van der Waals surface area contributed by atoms with Gasteiger partial charge in [0.1, 0.15) is 17.6 Å². The largest absolute Gasteiger partial charge is 0.504 e. The van der Waals surface area contributed by atoms with Crippen LogP contribution in [0.1, 0.15) is 6.42 Å². The molecule has 5 nitrogen and oxygen atoms in total. The van der Waals surface area contributed by atoms with Gasteiger partial charge in [-0.3, -0.25) is 0 Å². The molecule has 1 saturated heterocycles. The van der Waals surface area contributed by atoms with Gasteiger partial charge in [0.15, 0.2) is 11.5 Å². The van der Waals surface area contributed by atoms with E-state index < -0.39 is 0 Å². The highest BCUT2D eigenvalue weighted by Gasteiger charge is 2.19. The molecule has 6 heteroatoms. The second kappa shape index (κ2) is 4.59. The Kier molecular flexibility index (Phi) is 2.93. The first-order valence-corrected chi connectivity index (χ1v) is 5.99. The maximum Gasteiger partial charge on any atom is 0.163 e. The number of phenols is 1. The van der Waals surface area contributed by atoms with Gasteiger partial charge in [0, 0.05) is 17.9 Å². The Bertz CT molecular complexity index is 585. The van der Waals surface area contributed by atoms with Crippen LogP contribution < -0.4 is 4.74 Å². The summed E-state index contributed by atoms with van der Waals surface area (Å²) in [6, 6.07) is 3.18. The highest BCUT2D eigenvalue weighted by Crippen LogP contribution is 2.34. The SMILES string of the molecule is Oc1cc2c(Cl)ncnc2cc1OC1CCOC1. The van der Waals surface area contributed by atoms with Crippen molar-refractivity contribution >= 4 is 22.5 Å².